The normalized spacial score (nSPS) is 16.7. The highest BCUT2D eigenvalue weighted by Gasteiger charge is 2.27. The van der Waals surface area contributed by atoms with Crippen LogP contribution in [0.5, 0.6) is 0 Å². The van der Waals surface area contributed by atoms with Gasteiger partial charge in [-0.1, -0.05) is 38.3 Å². The van der Waals surface area contributed by atoms with E-state index < -0.39 is 0 Å². The number of carbonyl (C=O) groups is 1. The number of nitrogens with one attached hydrogen (secondary N) is 1. The molecule has 1 aliphatic carbocycles. The molecule has 1 aromatic carbocycles. The third-order valence-corrected chi connectivity index (χ3v) is 4.72. The predicted molar refractivity (Wildman–Crippen MR) is 91.6 cm³/mol. The Hall–Kier alpha value is -1.42. The van der Waals surface area contributed by atoms with Gasteiger partial charge >= 0.3 is 0 Å². The summed E-state index contributed by atoms with van der Waals surface area (Å²) < 4.78 is 13.2. The van der Waals surface area contributed by atoms with E-state index in [-0.39, 0.29) is 17.8 Å². The molecule has 1 aromatic rings. The van der Waals surface area contributed by atoms with Gasteiger partial charge in [0.25, 0.3) is 0 Å². The molecule has 4 heteroatoms. The molecule has 3 nitrogen and oxygen atoms in total. The number of rotatable bonds is 8. The summed E-state index contributed by atoms with van der Waals surface area (Å²) in [5.41, 5.74) is 1.02. The van der Waals surface area contributed by atoms with Gasteiger partial charge in [0.2, 0.25) is 5.91 Å². The SMILES string of the molecule is CCCCN(C)CC(=O)NC(c1ccc(F)cc1)C1CCCC1. The smallest absolute Gasteiger partial charge is 0.234 e. The quantitative estimate of drug-likeness (QED) is 0.788. The zero-order chi connectivity index (χ0) is 16.7. The van der Waals surface area contributed by atoms with Crippen LogP contribution in [0.25, 0.3) is 0 Å². The molecule has 0 aliphatic heterocycles. The molecule has 0 heterocycles. The van der Waals surface area contributed by atoms with Crippen LogP contribution in [0, 0.1) is 11.7 Å². The average Bonchev–Trinajstić information content (AvgIpc) is 3.06. The third kappa shape index (κ3) is 5.61. The highest BCUT2D eigenvalue weighted by atomic mass is 19.1. The molecule has 2 rings (SSSR count). The van der Waals surface area contributed by atoms with E-state index in [4.69, 9.17) is 0 Å². The Labute approximate surface area is 139 Å². The van der Waals surface area contributed by atoms with Gasteiger partial charge in [0.15, 0.2) is 0 Å². The topological polar surface area (TPSA) is 32.3 Å². The monoisotopic (exact) mass is 320 g/mol. The molecular formula is C19H29FN2O. The van der Waals surface area contributed by atoms with Gasteiger partial charge in [-0.3, -0.25) is 9.69 Å². The number of benzene rings is 1. The van der Waals surface area contributed by atoms with Crippen molar-refractivity contribution in [1.29, 1.82) is 0 Å². The number of likely N-dealkylation sites (N-methyl/N-ethyl adjacent to an activating group) is 1. The Balaban J connectivity index is 1.99. The van der Waals surface area contributed by atoms with Gasteiger partial charge in [-0.05, 0) is 56.5 Å². The summed E-state index contributed by atoms with van der Waals surface area (Å²) in [4.78, 5) is 14.5. The van der Waals surface area contributed by atoms with Crippen molar-refractivity contribution >= 4 is 5.91 Å². The summed E-state index contributed by atoms with van der Waals surface area (Å²) in [6.07, 6.45) is 6.94. The standard InChI is InChI=1S/C19H29FN2O/c1-3-4-13-22(2)14-18(23)21-19(15-7-5-6-8-15)16-9-11-17(20)12-10-16/h9-12,15,19H,3-8,13-14H2,1-2H3,(H,21,23). The number of hydrogen-bond donors (Lipinski definition) is 1. The first-order valence-electron chi connectivity index (χ1n) is 8.83. The summed E-state index contributed by atoms with van der Waals surface area (Å²) in [5, 5.41) is 3.20. The summed E-state index contributed by atoms with van der Waals surface area (Å²) in [6.45, 7) is 3.51. The Morgan fingerprint density at radius 3 is 2.57 bits per heavy atom. The van der Waals surface area contributed by atoms with Crippen LogP contribution in [0.15, 0.2) is 24.3 Å². The number of halogens is 1. The number of unbranched alkanes of at least 4 members (excludes halogenated alkanes) is 1. The van der Waals surface area contributed by atoms with Crippen LogP contribution in [0.2, 0.25) is 0 Å². The fraction of sp³-hybridized carbons (Fsp3) is 0.632. The van der Waals surface area contributed by atoms with Crippen LogP contribution in [0.4, 0.5) is 4.39 Å². The molecule has 0 spiro atoms. The second-order valence-corrected chi connectivity index (χ2v) is 6.73. The lowest BCUT2D eigenvalue weighted by molar-refractivity contribution is -0.123. The molecule has 0 aromatic heterocycles. The van der Waals surface area contributed by atoms with Gasteiger partial charge in [-0.15, -0.1) is 0 Å². The molecule has 1 unspecified atom stereocenters. The molecule has 1 aliphatic rings. The first-order valence-corrected chi connectivity index (χ1v) is 8.83. The van der Waals surface area contributed by atoms with Crippen LogP contribution in [0.1, 0.15) is 57.1 Å². The predicted octanol–water partition coefficient (Wildman–Crippen LogP) is 3.91. The van der Waals surface area contributed by atoms with Crippen molar-refractivity contribution in [1.82, 2.24) is 10.2 Å². The number of hydrogen-bond acceptors (Lipinski definition) is 2. The lowest BCUT2D eigenvalue weighted by Crippen LogP contribution is -2.39. The summed E-state index contributed by atoms with van der Waals surface area (Å²) in [6, 6.07) is 6.58. The van der Waals surface area contributed by atoms with Crippen LogP contribution in [0.3, 0.4) is 0 Å². The summed E-state index contributed by atoms with van der Waals surface area (Å²) in [7, 11) is 1.98. The second-order valence-electron chi connectivity index (χ2n) is 6.73. The van der Waals surface area contributed by atoms with Crippen LogP contribution in [-0.2, 0) is 4.79 Å². The van der Waals surface area contributed by atoms with Crippen molar-refractivity contribution in [3.8, 4) is 0 Å². The van der Waals surface area contributed by atoms with Gasteiger partial charge in [0.1, 0.15) is 5.82 Å². The van der Waals surface area contributed by atoms with Crippen molar-refractivity contribution in [2.75, 3.05) is 20.1 Å². The molecule has 23 heavy (non-hydrogen) atoms. The maximum Gasteiger partial charge on any atom is 0.234 e. The van der Waals surface area contributed by atoms with E-state index in [2.05, 4.69) is 17.1 Å². The fourth-order valence-corrected chi connectivity index (χ4v) is 3.41. The molecule has 0 bridgehead atoms. The van der Waals surface area contributed by atoms with Crippen LogP contribution >= 0.6 is 0 Å². The zero-order valence-corrected chi connectivity index (χ0v) is 14.4. The van der Waals surface area contributed by atoms with E-state index in [9.17, 15) is 9.18 Å². The minimum Gasteiger partial charge on any atom is -0.348 e. The number of carbonyl (C=O) groups excluding carboxylic acids is 1. The minimum absolute atomic E-state index is 0.00479. The molecule has 1 amide bonds. The third-order valence-electron chi connectivity index (χ3n) is 4.72. The fourth-order valence-electron chi connectivity index (χ4n) is 3.41. The second kappa shape index (κ2) is 9.02. The van der Waals surface area contributed by atoms with Crippen LogP contribution < -0.4 is 5.32 Å². The molecule has 128 valence electrons. The lowest BCUT2D eigenvalue weighted by atomic mass is 9.91. The maximum atomic E-state index is 13.2. The Morgan fingerprint density at radius 1 is 1.30 bits per heavy atom. The van der Waals surface area contributed by atoms with Crippen molar-refractivity contribution in [2.24, 2.45) is 5.92 Å². The molecule has 1 atom stereocenters. The molecule has 1 fully saturated rings. The number of nitrogens with zero attached hydrogens (tertiary/aromatic N) is 1. The molecule has 0 saturated heterocycles. The van der Waals surface area contributed by atoms with E-state index in [1.54, 1.807) is 12.1 Å². The Bertz CT molecular complexity index is 483. The largest absolute Gasteiger partial charge is 0.348 e. The summed E-state index contributed by atoms with van der Waals surface area (Å²) in [5.74, 6) is 0.291. The van der Waals surface area contributed by atoms with E-state index >= 15 is 0 Å². The van der Waals surface area contributed by atoms with E-state index in [1.165, 1.54) is 25.0 Å². The Kier molecular flexibility index (Phi) is 7.03. The van der Waals surface area contributed by atoms with Crippen molar-refractivity contribution in [3.05, 3.63) is 35.6 Å². The molecular weight excluding hydrogens is 291 g/mol. The lowest BCUT2D eigenvalue weighted by Gasteiger charge is -2.26. The Morgan fingerprint density at radius 2 is 1.96 bits per heavy atom. The highest BCUT2D eigenvalue weighted by molar-refractivity contribution is 5.78. The first-order chi connectivity index (χ1) is 11.1. The van der Waals surface area contributed by atoms with E-state index in [0.717, 1.165) is 37.8 Å². The summed E-state index contributed by atoms with van der Waals surface area (Å²) >= 11 is 0. The van der Waals surface area contributed by atoms with Crippen LogP contribution in [-0.4, -0.2) is 30.9 Å². The highest BCUT2D eigenvalue weighted by Crippen LogP contribution is 2.35. The van der Waals surface area contributed by atoms with Gasteiger partial charge in [0, 0.05) is 0 Å². The zero-order valence-electron chi connectivity index (χ0n) is 14.4. The van der Waals surface area contributed by atoms with Gasteiger partial charge in [-0.25, -0.2) is 4.39 Å². The molecule has 1 N–H and O–H groups in total. The minimum atomic E-state index is -0.232. The molecule has 1 saturated carbocycles. The number of amides is 1. The van der Waals surface area contributed by atoms with E-state index in [1.807, 2.05) is 7.05 Å². The average molecular weight is 320 g/mol. The van der Waals surface area contributed by atoms with Crippen molar-refractivity contribution in [2.45, 2.75) is 51.5 Å². The van der Waals surface area contributed by atoms with Gasteiger partial charge in [-0.2, -0.15) is 0 Å². The maximum absolute atomic E-state index is 13.2. The van der Waals surface area contributed by atoms with E-state index in [0.29, 0.717) is 12.5 Å². The van der Waals surface area contributed by atoms with Gasteiger partial charge < -0.3 is 5.32 Å². The van der Waals surface area contributed by atoms with Crippen molar-refractivity contribution < 1.29 is 9.18 Å². The van der Waals surface area contributed by atoms with Gasteiger partial charge in [0.05, 0.1) is 12.6 Å². The molecule has 0 radical (unpaired) electrons. The first kappa shape index (κ1) is 17.9. The van der Waals surface area contributed by atoms with Crippen molar-refractivity contribution in [3.63, 3.8) is 0 Å².